The molecule has 0 saturated heterocycles. The van der Waals surface area contributed by atoms with Crippen LogP contribution >= 0.6 is 0 Å². The number of benzene rings is 1. The third kappa shape index (κ3) is 4.06. The van der Waals surface area contributed by atoms with Gasteiger partial charge in [-0.05, 0) is 68.4 Å². The number of halogens is 2. The largest absolute Gasteiger partial charge is 0.338 e. The summed E-state index contributed by atoms with van der Waals surface area (Å²) in [6.45, 7) is 0.188. The molecular weight excluding hydrogens is 352 g/mol. The van der Waals surface area contributed by atoms with Gasteiger partial charge in [-0.25, -0.2) is 13.6 Å². The van der Waals surface area contributed by atoms with Gasteiger partial charge >= 0.3 is 6.03 Å². The number of rotatable bonds is 5. The molecule has 1 aromatic carbocycles. The maximum Gasteiger partial charge on any atom is 0.315 e. The summed E-state index contributed by atoms with van der Waals surface area (Å²) in [7, 11) is 0. The molecule has 4 aliphatic rings. The molecule has 0 spiro atoms. The third-order valence-corrected chi connectivity index (χ3v) is 6.26. The summed E-state index contributed by atoms with van der Waals surface area (Å²) in [5, 5.41) is 8.43. The van der Waals surface area contributed by atoms with Crippen LogP contribution < -0.4 is 16.0 Å². The van der Waals surface area contributed by atoms with E-state index in [4.69, 9.17) is 0 Å². The van der Waals surface area contributed by atoms with Gasteiger partial charge < -0.3 is 16.0 Å². The van der Waals surface area contributed by atoms with Gasteiger partial charge in [0, 0.05) is 30.3 Å². The van der Waals surface area contributed by atoms with Crippen molar-refractivity contribution < 1.29 is 18.4 Å². The maximum atomic E-state index is 13.2. The molecular formula is C20H25F2N3O2. The predicted molar refractivity (Wildman–Crippen MR) is 97.0 cm³/mol. The fraction of sp³-hybridized carbons (Fsp3) is 0.600. The normalized spacial score (nSPS) is 30.8. The van der Waals surface area contributed by atoms with Crippen LogP contribution in [0.3, 0.4) is 0 Å². The van der Waals surface area contributed by atoms with E-state index in [1.807, 2.05) is 0 Å². The van der Waals surface area contributed by atoms with Gasteiger partial charge in [-0.2, -0.15) is 0 Å². The first kappa shape index (κ1) is 18.2. The summed E-state index contributed by atoms with van der Waals surface area (Å²) >= 11 is 0. The quantitative estimate of drug-likeness (QED) is 0.734. The molecule has 3 N–H and O–H groups in total. The Hall–Kier alpha value is -2.18. The molecule has 146 valence electrons. The molecule has 0 unspecified atom stereocenters. The van der Waals surface area contributed by atoms with E-state index in [2.05, 4.69) is 16.0 Å². The highest BCUT2D eigenvalue weighted by molar-refractivity contribution is 5.91. The van der Waals surface area contributed by atoms with Crippen LogP contribution in [0.1, 0.15) is 44.9 Å². The van der Waals surface area contributed by atoms with Gasteiger partial charge in [-0.3, -0.25) is 4.79 Å². The van der Waals surface area contributed by atoms with Crippen LogP contribution in [0, 0.1) is 29.4 Å². The second-order valence-corrected chi connectivity index (χ2v) is 8.51. The van der Waals surface area contributed by atoms with Crippen molar-refractivity contribution in [2.75, 3.05) is 11.9 Å². The van der Waals surface area contributed by atoms with E-state index in [1.54, 1.807) is 0 Å². The number of hydrogen-bond acceptors (Lipinski definition) is 2. The maximum absolute atomic E-state index is 13.2. The summed E-state index contributed by atoms with van der Waals surface area (Å²) in [4.78, 5) is 24.2. The van der Waals surface area contributed by atoms with Crippen LogP contribution in [-0.2, 0) is 4.79 Å². The van der Waals surface area contributed by atoms with Gasteiger partial charge in [0.25, 0.3) is 0 Å². The first-order valence-electron chi connectivity index (χ1n) is 9.72. The molecule has 4 bridgehead atoms. The number of hydrogen-bond donors (Lipinski definition) is 3. The highest BCUT2D eigenvalue weighted by atomic mass is 19.2. The average molecular weight is 377 g/mol. The molecule has 5 nitrogen and oxygen atoms in total. The van der Waals surface area contributed by atoms with Gasteiger partial charge in [-0.15, -0.1) is 0 Å². The molecule has 7 heteroatoms. The zero-order valence-electron chi connectivity index (χ0n) is 15.2. The highest BCUT2D eigenvalue weighted by Crippen LogP contribution is 2.55. The lowest BCUT2D eigenvalue weighted by atomic mass is 9.53. The van der Waals surface area contributed by atoms with Crippen LogP contribution in [0.5, 0.6) is 0 Å². The number of urea groups is 1. The average Bonchev–Trinajstić information content (AvgIpc) is 2.56. The lowest BCUT2D eigenvalue weighted by Crippen LogP contribution is -2.61. The Morgan fingerprint density at radius 1 is 1.00 bits per heavy atom. The Kier molecular flexibility index (Phi) is 4.78. The number of amides is 3. The predicted octanol–water partition coefficient (Wildman–Crippen LogP) is 3.56. The Labute approximate surface area is 157 Å². The molecule has 0 heterocycles. The SMILES string of the molecule is O=C(CCNC(=O)NC12CC3CC(CC(C3)C1)C2)Nc1ccc(F)c(F)c1. The van der Waals surface area contributed by atoms with Crippen molar-refractivity contribution >= 4 is 17.6 Å². The van der Waals surface area contributed by atoms with Crippen molar-refractivity contribution in [3.05, 3.63) is 29.8 Å². The van der Waals surface area contributed by atoms with Crippen molar-refractivity contribution in [3.63, 3.8) is 0 Å². The number of carbonyl (C=O) groups excluding carboxylic acids is 2. The van der Waals surface area contributed by atoms with E-state index in [-0.39, 0.29) is 36.1 Å². The lowest BCUT2D eigenvalue weighted by Gasteiger charge is -2.56. The summed E-state index contributed by atoms with van der Waals surface area (Å²) in [6, 6.07) is 2.96. The molecule has 27 heavy (non-hydrogen) atoms. The third-order valence-electron chi connectivity index (χ3n) is 6.26. The zero-order valence-corrected chi connectivity index (χ0v) is 15.2. The number of nitrogens with one attached hydrogen (secondary N) is 3. The highest BCUT2D eigenvalue weighted by Gasteiger charge is 2.51. The Morgan fingerprint density at radius 2 is 1.63 bits per heavy atom. The molecule has 0 radical (unpaired) electrons. The van der Waals surface area contributed by atoms with Crippen LogP contribution in [0.4, 0.5) is 19.3 Å². The van der Waals surface area contributed by atoms with E-state index in [1.165, 1.54) is 25.3 Å². The number of anilines is 1. The molecule has 4 saturated carbocycles. The minimum absolute atomic E-state index is 0.0628. The van der Waals surface area contributed by atoms with Crippen LogP contribution in [0.15, 0.2) is 18.2 Å². The van der Waals surface area contributed by atoms with Gasteiger partial charge in [0.05, 0.1) is 0 Å². The Morgan fingerprint density at radius 3 is 2.22 bits per heavy atom. The molecule has 0 atom stereocenters. The summed E-state index contributed by atoms with van der Waals surface area (Å²) in [5.41, 5.74) is 0.129. The summed E-state index contributed by atoms with van der Waals surface area (Å²) in [5.74, 6) is -0.0942. The molecule has 3 amide bonds. The molecule has 1 aromatic rings. The lowest BCUT2D eigenvalue weighted by molar-refractivity contribution is -0.116. The minimum Gasteiger partial charge on any atom is -0.338 e. The van der Waals surface area contributed by atoms with Crippen LogP contribution in [0.2, 0.25) is 0 Å². The fourth-order valence-electron chi connectivity index (χ4n) is 5.64. The van der Waals surface area contributed by atoms with Crippen molar-refractivity contribution in [1.29, 1.82) is 0 Å². The fourth-order valence-corrected chi connectivity index (χ4v) is 5.64. The zero-order chi connectivity index (χ0) is 19.0. The molecule has 5 rings (SSSR count). The first-order chi connectivity index (χ1) is 12.9. The monoisotopic (exact) mass is 377 g/mol. The van der Waals surface area contributed by atoms with E-state index >= 15 is 0 Å². The molecule has 4 fully saturated rings. The number of carbonyl (C=O) groups is 2. The molecule has 0 aliphatic heterocycles. The van der Waals surface area contributed by atoms with E-state index < -0.39 is 11.6 Å². The van der Waals surface area contributed by atoms with Crippen LogP contribution in [-0.4, -0.2) is 24.0 Å². The Bertz CT molecular complexity index is 717. The smallest absolute Gasteiger partial charge is 0.315 e. The van der Waals surface area contributed by atoms with Crippen molar-refractivity contribution in [3.8, 4) is 0 Å². The summed E-state index contributed by atoms with van der Waals surface area (Å²) in [6.07, 6.45) is 7.22. The van der Waals surface area contributed by atoms with E-state index in [9.17, 15) is 18.4 Å². The van der Waals surface area contributed by atoms with Crippen molar-refractivity contribution in [2.24, 2.45) is 17.8 Å². The standard InChI is InChI=1S/C20H25F2N3O2/c21-16-2-1-15(8-17(16)22)24-18(26)3-4-23-19(27)25-20-9-12-5-13(10-20)7-14(6-12)11-20/h1-2,8,12-14H,3-7,9-11H2,(H,24,26)(H2,23,25,27). The molecule has 4 aliphatic carbocycles. The van der Waals surface area contributed by atoms with Gasteiger partial charge in [0.2, 0.25) is 5.91 Å². The molecule has 0 aromatic heterocycles. The summed E-state index contributed by atoms with van der Waals surface area (Å²) < 4.78 is 26.0. The van der Waals surface area contributed by atoms with Gasteiger partial charge in [-0.1, -0.05) is 0 Å². The first-order valence-corrected chi connectivity index (χ1v) is 9.72. The van der Waals surface area contributed by atoms with Gasteiger partial charge in [0.1, 0.15) is 0 Å². The van der Waals surface area contributed by atoms with Crippen molar-refractivity contribution in [1.82, 2.24) is 10.6 Å². The van der Waals surface area contributed by atoms with E-state index in [0.717, 1.165) is 49.1 Å². The Balaban J connectivity index is 1.22. The topological polar surface area (TPSA) is 70.2 Å². The van der Waals surface area contributed by atoms with E-state index in [0.29, 0.717) is 0 Å². The second kappa shape index (κ2) is 7.09. The second-order valence-electron chi connectivity index (χ2n) is 8.51. The van der Waals surface area contributed by atoms with Gasteiger partial charge in [0.15, 0.2) is 11.6 Å². The van der Waals surface area contributed by atoms with Crippen LogP contribution in [0.25, 0.3) is 0 Å². The van der Waals surface area contributed by atoms with Crippen molar-refractivity contribution in [2.45, 2.75) is 50.5 Å². The minimum atomic E-state index is -1.01.